The predicted molar refractivity (Wildman–Crippen MR) is 68.1 cm³/mol. The number of aromatic amines is 1. The molecule has 6 heteroatoms. The largest absolute Gasteiger partial charge is 0.493 e. The van der Waals surface area contributed by atoms with E-state index in [4.69, 9.17) is 14.7 Å². The van der Waals surface area contributed by atoms with Gasteiger partial charge in [0.25, 0.3) is 5.56 Å². The van der Waals surface area contributed by atoms with Crippen LogP contribution in [0, 0.1) is 11.3 Å². The summed E-state index contributed by atoms with van der Waals surface area (Å²) < 4.78 is 10.3. The van der Waals surface area contributed by atoms with E-state index in [2.05, 4.69) is 9.97 Å². The fraction of sp³-hybridized carbons (Fsp3) is 0.154. The van der Waals surface area contributed by atoms with Crippen LogP contribution in [-0.4, -0.2) is 24.2 Å². The Balaban J connectivity index is 2.51. The molecular formula is C13H11N3O3. The lowest BCUT2D eigenvalue weighted by atomic mass is 10.2. The van der Waals surface area contributed by atoms with Gasteiger partial charge in [0.05, 0.1) is 20.4 Å². The first-order valence-electron chi connectivity index (χ1n) is 5.41. The molecule has 0 fully saturated rings. The average molecular weight is 257 g/mol. The van der Waals surface area contributed by atoms with E-state index < -0.39 is 5.56 Å². The second-order valence-corrected chi connectivity index (χ2v) is 3.66. The van der Waals surface area contributed by atoms with Gasteiger partial charge in [0.2, 0.25) is 0 Å². The minimum atomic E-state index is -0.470. The molecule has 0 aliphatic heterocycles. The Kier molecular flexibility index (Phi) is 3.48. The summed E-state index contributed by atoms with van der Waals surface area (Å²) in [6.45, 7) is 0. The molecule has 19 heavy (non-hydrogen) atoms. The molecular weight excluding hydrogens is 246 g/mol. The fourth-order valence-corrected chi connectivity index (χ4v) is 1.60. The zero-order chi connectivity index (χ0) is 13.8. The first-order chi connectivity index (χ1) is 9.19. The van der Waals surface area contributed by atoms with Crippen molar-refractivity contribution in [1.82, 2.24) is 9.97 Å². The Morgan fingerprint density at radius 1 is 1.26 bits per heavy atom. The van der Waals surface area contributed by atoms with Crippen molar-refractivity contribution < 1.29 is 9.47 Å². The van der Waals surface area contributed by atoms with Crippen LogP contribution in [0.15, 0.2) is 29.2 Å². The summed E-state index contributed by atoms with van der Waals surface area (Å²) >= 11 is 0. The van der Waals surface area contributed by atoms with Crippen LogP contribution in [0.3, 0.4) is 0 Å². The summed E-state index contributed by atoms with van der Waals surface area (Å²) in [6.07, 6.45) is 1.24. The zero-order valence-corrected chi connectivity index (χ0v) is 10.4. The van der Waals surface area contributed by atoms with Gasteiger partial charge in [-0.2, -0.15) is 5.26 Å². The number of benzene rings is 1. The highest BCUT2D eigenvalue weighted by Crippen LogP contribution is 2.30. The number of rotatable bonds is 3. The molecule has 1 heterocycles. The summed E-state index contributed by atoms with van der Waals surface area (Å²) in [5.41, 5.74) is 0.172. The van der Waals surface area contributed by atoms with E-state index in [0.29, 0.717) is 22.9 Å². The standard InChI is InChI=1S/C13H11N3O3/c1-18-10-4-3-8(5-11(10)19-2)12-15-7-9(6-14)13(17)16-12/h3-5,7H,1-2H3,(H,15,16,17). The van der Waals surface area contributed by atoms with Crippen molar-refractivity contribution in [2.75, 3.05) is 14.2 Å². The Bertz CT molecular complexity index is 701. The number of hydrogen-bond acceptors (Lipinski definition) is 5. The van der Waals surface area contributed by atoms with Crippen molar-refractivity contribution >= 4 is 0 Å². The third-order valence-corrected chi connectivity index (χ3v) is 2.58. The van der Waals surface area contributed by atoms with Crippen molar-refractivity contribution in [1.29, 1.82) is 5.26 Å². The van der Waals surface area contributed by atoms with Gasteiger partial charge in [0, 0.05) is 5.56 Å². The zero-order valence-electron chi connectivity index (χ0n) is 10.4. The maximum absolute atomic E-state index is 11.5. The van der Waals surface area contributed by atoms with Gasteiger partial charge in [-0.1, -0.05) is 0 Å². The first kappa shape index (κ1) is 12.6. The molecule has 2 aromatic rings. The molecule has 0 radical (unpaired) electrons. The second kappa shape index (κ2) is 5.23. The van der Waals surface area contributed by atoms with E-state index in [0.717, 1.165) is 0 Å². The van der Waals surface area contributed by atoms with Gasteiger partial charge in [0.1, 0.15) is 17.5 Å². The number of nitriles is 1. The molecule has 0 aliphatic rings. The smallest absolute Gasteiger partial charge is 0.269 e. The molecule has 1 aromatic carbocycles. The molecule has 0 atom stereocenters. The maximum atomic E-state index is 11.5. The monoisotopic (exact) mass is 257 g/mol. The second-order valence-electron chi connectivity index (χ2n) is 3.66. The van der Waals surface area contributed by atoms with Crippen molar-refractivity contribution in [3.63, 3.8) is 0 Å². The normalized spacial score (nSPS) is 9.74. The van der Waals surface area contributed by atoms with Crippen LogP contribution >= 0.6 is 0 Å². The van der Waals surface area contributed by atoms with Gasteiger partial charge in [-0.3, -0.25) is 4.79 Å². The molecule has 1 aromatic heterocycles. The number of H-pyrrole nitrogens is 1. The third-order valence-electron chi connectivity index (χ3n) is 2.58. The molecule has 2 rings (SSSR count). The SMILES string of the molecule is COc1ccc(-c2ncc(C#N)c(=O)[nH]2)cc1OC. The van der Waals surface area contributed by atoms with E-state index in [9.17, 15) is 4.79 Å². The molecule has 0 unspecified atom stereocenters. The lowest BCUT2D eigenvalue weighted by molar-refractivity contribution is 0.355. The van der Waals surface area contributed by atoms with Crippen LogP contribution in [0.2, 0.25) is 0 Å². The topological polar surface area (TPSA) is 88.0 Å². The van der Waals surface area contributed by atoms with Crippen LogP contribution in [0.25, 0.3) is 11.4 Å². The Hall–Kier alpha value is -2.81. The molecule has 96 valence electrons. The van der Waals surface area contributed by atoms with Crippen LogP contribution in [0.1, 0.15) is 5.56 Å². The van der Waals surface area contributed by atoms with Gasteiger partial charge < -0.3 is 14.5 Å². The third kappa shape index (κ3) is 2.40. The summed E-state index contributed by atoms with van der Waals surface area (Å²) in [5, 5.41) is 8.68. The van der Waals surface area contributed by atoms with Gasteiger partial charge in [-0.25, -0.2) is 4.98 Å². The molecule has 1 N–H and O–H groups in total. The van der Waals surface area contributed by atoms with Gasteiger partial charge >= 0.3 is 0 Å². The molecule has 0 saturated carbocycles. The Morgan fingerprint density at radius 3 is 2.58 bits per heavy atom. The van der Waals surface area contributed by atoms with Crippen molar-refractivity contribution in [3.05, 3.63) is 40.3 Å². The minimum absolute atomic E-state index is 0.0239. The lowest BCUT2D eigenvalue weighted by Crippen LogP contribution is -2.12. The van der Waals surface area contributed by atoms with E-state index in [-0.39, 0.29) is 5.56 Å². The summed E-state index contributed by atoms with van der Waals surface area (Å²) in [5.74, 6) is 1.49. The molecule has 0 amide bonds. The number of nitrogens with zero attached hydrogens (tertiary/aromatic N) is 2. The highest BCUT2D eigenvalue weighted by molar-refractivity contribution is 5.61. The van der Waals surface area contributed by atoms with Crippen molar-refractivity contribution in [2.45, 2.75) is 0 Å². The van der Waals surface area contributed by atoms with Crippen molar-refractivity contribution in [3.8, 4) is 29.0 Å². The van der Waals surface area contributed by atoms with E-state index >= 15 is 0 Å². The molecule has 6 nitrogen and oxygen atoms in total. The van der Waals surface area contributed by atoms with Gasteiger partial charge in [-0.15, -0.1) is 0 Å². The molecule has 0 spiro atoms. The number of ether oxygens (including phenoxy) is 2. The molecule has 0 bridgehead atoms. The van der Waals surface area contributed by atoms with Crippen LogP contribution in [0.5, 0.6) is 11.5 Å². The van der Waals surface area contributed by atoms with E-state index in [1.165, 1.54) is 13.3 Å². The minimum Gasteiger partial charge on any atom is -0.493 e. The van der Waals surface area contributed by atoms with Gasteiger partial charge in [-0.05, 0) is 18.2 Å². The van der Waals surface area contributed by atoms with Crippen molar-refractivity contribution in [2.24, 2.45) is 0 Å². The quantitative estimate of drug-likeness (QED) is 0.896. The van der Waals surface area contributed by atoms with E-state index in [1.807, 2.05) is 0 Å². The highest BCUT2D eigenvalue weighted by Gasteiger charge is 2.08. The van der Waals surface area contributed by atoms with Crippen LogP contribution in [-0.2, 0) is 0 Å². The summed E-state index contributed by atoms with van der Waals surface area (Å²) in [7, 11) is 3.07. The van der Waals surface area contributed by atoms with E-state index in [1.54, 1.807) is 31.4 Å². The van der Waals surface area contributed by atoms with Crippen LogP contribution < -0.4 is 15.0 Å². The lowest BCUT2D eigenvalue weighted by Gasteiger charge is -2.09. The molecule has 0 saturated heterocycles. The Labute approximate surface area is 109 Å². The number of hydrogen-bond donors (Lipinski definition) is 1. The Morgan fingerprint density at radius 2 is 2.00 bits per heavy atom. The fourth-order valence-electron chi connectivity index (χ4n) is 1.60. The number of methoxy groups -OCH3 is 2. The first-order valence-corrected chi connectivity index (χ1v) is 5.41. The predicted octanol–water partition coefficient (Wildman–Crippen LogP) is 1.33. The summed E-state index contributed by atoms with van der Waals surface area (Å²) in [6, 6.07) is 6.92. The highest BCUT2D eigenvalue weighted by atomic mass is 16.5. The maximum Gasteiger partial charge on any atom is 0.269 e. The van der Waals surface area contributed by atoms with Crippen LogP contribution in [0.4, 0.5) is 0 Å². The average Bonchev–Trinajstić information content (AvgIpc) is 2.46. The molecule has 0 aliphatic carbocycles. The number of nitrogens with one attached hydrogen (secondary N) is 1. The summed E-state index contributed by atoms with van der Waals surface area (Å²) in [4.78, 5) is 18.1. The number of aromatic nitrogens is 2. The van der Waals surface area contributed by atoms with Gasteiger partial charge in [0.15, 0.2) is 11.5 Å².